The van der Waals surface area contributed by atoms with E-state index in [-0.39, 0.29) is 11.8 Å². The van der Waals surface area contributed by atoms with Gasteiger partial charge in [-0.05, 0) is 36.4 Å². The van der Waals surface area contributed by atoms with Crippen molar-refractivity contribution >= 4 is 23.2 Å². The molecule has 6 nitrogen and oxygen atoms in total. The van der Waals surface area contributed by atoms with E-state index in [9.17, 15) is 9.59 Å². The number of hydrogen-bond donors (Lipinski definition) is 1. The number of likely N-dealkylation sites (tertiary alicyclic amines) is 1. The number of hydrogen-bond acceptors (Lipinski definition) is 4. The molecular weight excluding hydrogens is 372 g/mol. The second kappa shape index (κ2) is 8.39. The average molecular weight is 395 g/mol. The fourth-order valence-corrected chi connectivity index (χ4v) is 4.07. The first kappa shape index (κ1) is 18.4. The molecule has 28 heavy (non-hydrogen) atoms. The zero-order chi connectivity index (χ0) is 19.3. The van der Waals surface area contributed by atoms with E-state index in [1.54, 1.807) is 22.2 Å². The Hall–Kier alpha value is -2.93. The van der Waals surface area contributed by atoms with Gasteiger partial charge >= 0.3 is 0 Å². The molecule has 3 aromatic rings. The molecule has 4 rings (SSSR count). The van der Waals surface area contributed by atoms with E-state index in [0.717, 1.165) is 36.5 Å². The van der Waals surface area contributed by atoms with Gasteiger partial charge in [-0.2, -0.15) is 5.10 Å². The maximum absolute atomic E-state index is 12.8. The summed E-state index contributed by atoms with van der Waals surface area (Å²) in [5.74, 6) is -0.101. The molecule has 7 heteroatoms. The van der Waals surface area contributed by atoms with Crippen LogP contribution in [0.4, 0.5) is 0 Å². The average Bonchev–Trinajstić information content (AvgIpc) is 3.49. The van der Waals surface area contributed by atoms with E-state index in [0.29, 0.717) is 24.2 Å². The summed E-state index contributed by atoms with van der Waals surface area (Å²) < 4.78 is 1.72. The molecule has 2 aromatic heterocycles. The molecule has 0 spiro atoms. The maximum Gasteiger partial charge on any atom is 0.255 e. The number of thiophene rings is 1. The highest BCUT2D eigenvalue weighted by atomic mass is 32.1. The van der Waals surface area contributed by atoms with Gasteiger partial charge in [-0.1, -0.05) is 24.3 Å². The van der Waals surface area contributed by atoms with Crippen LogP contribution in [0.5, 0.6) is 0 Å². The van der Waals surface area contributed by atoms with Crippen LogP contribution in [0.3, 0.4) is 0 Å². The maximum atomic E-state index is 12.8. The molecule has 0 unspecified atom stereocenters. The molecule has 1 aromatic carbocycles. The highest BCUT2D eigenvalue weighted by Gasteiger charge is 2.21. The third kappa shape index (κ3) is 3.99. The van der Waals surface area contributed by atoms with Crippen molar-refractivity contribution in [3.63, 3.8) is 0 Å². The highest BCUT2D eigenvalue weighted by Crippen LogP contribution is 2.27. The van der Waals surface area contributed by atoms with Crippen LogP contribution in [0.25, 0.3) is 16.3 Å². The standard InChI is InChI=1S/C21H22N4O2S/c26-19(24-12-4-5-13-24)10-11-22-21(27)17-15-25(16-7-2-1-3-8-16)23-20(17)18-9-6-14-28-18/h1-3,6-9,14-15H,4-5,10-13H2,(H,22,27). The van der Waals surface area contributed by atoms with Crippen LogP contribution >= 0.6 is 11.3 Å². The number of amides is 2. The topological polar surface area (TPSA) is 67.2 Å². The first-order valence-electron chi connectivity index (χ1n) is 9.47. The van der Waals surface area contributed by atoms with Crippen LogP contribution in [-0.2, 0) is 4.79 Å². The summed E-state index contributed by atoms with van der Waals surface area (Å²) in [6, 6.07) is 13.6. The number of aromatic nitrogens is 2. The van der Waals surface area contributed by atoms with Crippen molar-refractivity contribution in [2.24, 2.45) is 0 Å². The number of carbonyl (C=O) groups is 2. The Kier molecular flexibility index (Phi) is 5.53. The lowest BCUT2D eigenvalue weighted by molar-refractivity contribution is -0.129. The van der Waals surface area contributed by atoms with Crippen LogP contribution in [0.1, 0.15) is 29.6 Å². The van der Waals surface area contributed by atoms with Crippen molar-refractivity contribution in [3.05, 3.63) is 59.6 Å². The Bertz CT molecular complexity index is 944. The van der Waals surface area contributed by atoms with E-state index in [4.69, 9.17) is 0 Å². The normalized spacial score (nSPS) is 13.6. The lowest BCUT2D eigenvalue weighted by atomic mass is 10.2. The Labute approximate surface area is 167 Å². The zero-order valence-corrected chi connectivity index (χ0v) is 16.3. The molecule has 1 aliphatic heterocycles. The fraction of sp³-hybridized carbons (Fsp3) is 0.286. The zero-order valence-electron chi connectivity index (χ0n) is 15.5. The van der Waals surface area contributed by atoms with E-state index in [2.05, 4.69) is 10.4 Å². The predicted octanol–water partition coefficient (Wildman–Crippen LogP) is 3.34. The summed E-state index contributed by atoms with van der Waals surface area (Å²) in [4.78, 5) is 27.8. The number of benzene rings is 1. The molecule has 0 radical (unpaired) electrons. The Morgan fingerprint density at radius 3 is 2.57 bits per heavy atom. The number of nitrogens with one attached hydrogen (secondary N) is 1. The van der Waals surface area contributed by atoms with Crippen LogP contribution in [0.2, 0.25) is 0 Å². The summed E-state index contributed by atoms with van der Waals surface area (Å²) in [7, 11) is 0. The molecule has 2 amide bonds. The van der Waals surface area contributed by atoms with Gasteiger partial charge in [0.2, 0.25) is 5.91 Å². The van der Waals surface area contributed by atoms with Gasteiger partial charge in [0, 0.05) is 32.3 Å². The molecular formula is C21H22N4O2S. The molecule has 1 aliphatic rings. The lowest BCUT2D eigenvalue weighted by Gasteiger charge is -2.15. The molecule has 1 N–H and O–H groups in total. The summed E-state index contributed by atoms with van der Waals surface area (Å²) >= 11 is 1.55. The van der Waals surface area contributed by atoms with Crippen LogP contribution in [-0.4, -0.2) is 46.1 Å². The second-order valence-electron chi connectivity index (χ2n) is 6.74. The lowest BCUT2D eigenvalue weighted by Crippen LogP contribution is -2.32. The van der Waals surface area contributed by atoms with Gasteiger partial charge in [-0.3, -0.25) is 9.59 Å². The largest absolute Gasteiger partial charge is 0.351 e. The van der Waals surface area contributed by atoms with Gasteiger partial charge in [-0.25, -0.2) is 4.68 Å². The number of carbonyl (C=O) groups excluding carboxylic acids is 2. The van der Waals surface area contributed by atoms with Gasteiger partial charge in [0.15, 0.2) is 0 Å². The van der Waals surface area contributed by atoms with Crippen molar-refractivity contribution in [3.8, 4) is 16.3 Å². The van der Waals surface area contributed by atoms with Gasteiger partial charge in [-0.15, -0.1) is 11.3 Å². The van der Waals surface area contributed by atoms with E-state index in [1.807, 2.05) is 52.7 Å². The Balaban J connectivity index is 1.50. The SMILES string of the molecule is O=C(NCCC(=O)N1CCCC1)c1cn(-c2ccccc2)nc1-c1cccs1. The van der Waals surface area contributed by atoms with Crippen LogP contribution in [0, 0.1) is 0 Å². The van der Waals surface area contributed by atoms with Crippen molar-refractivity contribution in [2.45, 2.75) is 19.3 Å². The quantitative estimate of drug-likeness (QED) is 0.697. The second-order valence-corrected chi connectivity index (χ2v) is 7.69. The molecule has 0 bridgehead atoms. The minimum Gasteiger partial charge on any atom is -0.351 e. The Morgan fingerprint density at radius 1 is 1.07 bits per heavy atom. The fourth-order valence-electron chi connectivity index (χ4n) is 3.35. The van der Waals surface area contributed by atoms with Crippen molar-refractivity contribution in [2.75, 3.05) is 19.6 Å². The third-order valence-corrected chi connectivity index (χ3v) is 5.69. The first-order chi connectivity index (χ1) is 13.7. The van der Waals surface area contributed by atoms with E-state index >= 15 is 0 Å². The van der Waals surface area contributed by atoms with E-state index in [1.165, 1.54) is 0 Å². The van der Waals surface area contributed by atoms with Crippen LogP contribution < -0.4 is 5.32 Å². The first-order valence-corrected chi connectivity index (χ1v) is 10.4. The summed E-state index contributed by atoms with van der Waals surface area (Å²) in [6.45, 7) is 1.99. The molecule has 0 saturated carbocycles. The van der Waals surface area contributed by atoms with Gasteiger partial charge in [0.25, 0.3) is 5.91 Å². The summed E-state index contributed by atoms with van der Waals surface area (Å²) in [5, 5.41) is 9.49. The molecule has 1 fully saturated rings. The monoisotopic (exact) mass is 394 g/mol. The molecule has 0 aliphatic carbocycles. The predicted molar refractivity (Wildman–Crippen MR) is 110 cm³/mol. The van der Waals surface area contributed by atoms with Crippen LogP contribution in [0.15, 0.2) is 54.0 Å². The number of rotatable bonds is 6. The molecule has 1 saturated heterocycles. The summed E-state index contributed by atoms with van der Waals surface area (Å²) in [5.41, 5.74) is 2.06. The van der Waals surface area contributed by atoms with Gasteiger partial charge in [0.05, 0.1) is 16.1 Å². The third-order valence-electron chi connectivity index (χ3n) is 4.82. The minimum atomic E-state index is -0.209. The van der Waals surface area contributed by atoms with E-state index < -0.39 is 0 Å². The molecule has 3 heterocycles. The highest BCUT2D eigenvalue weighted by molar-refractivity contribution is 7.13. The van der Waals surface area contributed by atoms with Gasteiger partial charge < -0.3 is 10.2 Å². The van der Waals surface area contributed by atoms with Crippen molar-refractivity contribution in [1.82, 2.24) is 20.0 Å². The summed E-state index contributed by atoms with van der Waals surface area (Å²) in [6.07, 6.45) is 4.22. The Morgan fingerprint density at radius 2 is 1.86 bits per heavy atom. The van der Waals surface area contributed by atoms with Gasteiger partial charge in [0.1, 0.15) is 5.69 Å². The number of para-hydroxylation sites is 1. The smallest absolute Gasteiger partial charge is 0.255 e. The molecule has 144 valence electrons. The van der Waals surface area contributed by atoms with Crippen molar-refractivity contribution < 1.29 is 9.59 Å². The minimum absolute atomic E-state index is 0.108. The van der Waals surface area contributed by atoms with Crippen molar-refractivity contribution in [1.29, 1.82) is 0 Å². The molecule has 0 atom stereocenters. The number of nitrogens with zero attached hydrogens (tertiary/aromatic N) is 3.